The van der Waals surface area contributed by atoms with E-state index in [0.29, 0.717) is 24.5 Å². The Hall–Kier alpha value is -1.46. The lowest BCUT2D eigenvalue weighted by molar-refractivity contribution is -0.0650. The van der Waals surface area contributed by atoms with Crippen molar-refractivity contribution in [2.75, 3.05) is 13.2 Å². The molecule has 2 atom stereocenters. The summed E-state index contributed by atoms with van der Waals surface area (Å²) in [5, 5.41) is 0. The first-order valence-corrected chi connectivity index (χ1v) is 11.1. The summed E-state index contributed by atoms with van der Waals surface area (Å²) in [5.74, 6) is -0.733. The van der Waals surface area contributed by atoms with Gasteiger partial charge in [0.15, 0.2) is 11.6 Å². The largest absolute Gasteiger partial charge is 0.490 e. The van der Waals surface area contributed by atoms with Crippen molar-refractivity contribution in [3.05, 3.63) is 42.0 Å². The Morgan fingerprint density at radius 3 is 2.55 bits per heavy atom. The van der Waals surface area contributed by atoms with Crippen LogP contribution < -0.4 is 4.74 Å². The molecule has 5 heteroatoms. The molecule has 0 bridgehead atoms. The molecule has 0 spiro atoms. The molecule has 1 aromatic carbocycles. The first-order valence-electron chi connectivity index (χ1n) is 11.1. The van der Waals surface area contributed by atoms with Crippen molar-refractivity contribution in [1.29, 1.82) is 0 Å². The third kappa shape index (κ3) is 6.02. The molecular formula is C24H34F2O3. The van der Waals surface area contributed by atoms with Crippen LogP contribution in [0.2, 0.25) is 0 Å². The van der Waals surface area contributed by atoms with Crippen LogP contribution in [-0.4, -0.2) is 25.4 Å². The van der Waals surface area contributed by atoms with Gasteiger partial charge in [0.1, 0.15) is 0 Å². The van der Waals surface area contributed by atoms with Gasteiger partial charge in [-0.2, -0.15) is 4.39 Å². The molecule has 0 amide bonds. The lowest BCUT2D eigenvalue weighted by atomic mass is 9.80. The summed E-state index contributed by atoms with van der Waals surface area (Å²) >= 11 is 0. The average Bonchev–Trinajstić information content (AvgIpc) is 2.77. The Balaban J connectivity index is 1.43. The molecule has 29 heavy (non-hydrogen) atoms. The van der Waals surface area contributed by atoms with Gasteiger partial charge in [-0.1, -0.05) is 19.4 Å². The van der Waals surface area contributed by atoms with E-state index in [-0.39, 0.29) is 24.0 Å². The first kappa shape index (κ1) is 22.2. The number of rotatable bonds is 9. The highest BCUT2D eigenvalue weighted by molar-refractivity contribution is 5.30. The van der Waals surface area contributed by atoms with Crippen molar-refractivity contribution >= 4 is 0 Å². The lowest BCUT2D eigenvalue weighted by Gasteiger charge is -2.37. The smallest absolute Gasteiger partial charge is 0.200 e. The van der Waals surface area contributed by atoms with Gasteiger partial charge in [-0.05, 0) is 63.0 Å². The third-order valence-corrected chi connectivity index (χ3v) is 6.28. The van der Waals surface area contributed by atoms with Gasteiger partial charge in [0, 0.05) is 11.5 Å². The average molecular weight is 409 g/mol. The second-order valence-corrected chi connectivity index (χ2v) is 8.35. The van der Waals surface area contributed by atoms with Gasteiger partial charge >= 0.3 is 0 Å². The molecule has 1 aliphatic carbocycles. The number of unbranched alkanes of at least 4 members (excludes halogenated alkanes) is 1. The maximum Gasteiger partial charge on any atom is 0.200 e. The minimum absolute atomic E-state index is 0.0219. The fourth-order valence-corrected chi connectivity index (χ4v) is 4.31. The molecule has 1 saturated carbocycles. The second kappa shape index (κ2) is 11.1. The molecule has 0 N–H and O–H groups in total. The molecule has 1 heterocycles. The summed E-state index contributed by atoms with van der Waals surface area (Å²) in [5.41, 5.74) is 0.249. The molecule has 162 valence electrons. The van der Waals surface area contributed by atoms with E-state index < -0.39 is 11.6 Å². The van der Waals surface area contributed by atoms with Gasteiger partial charge in [0.25, 0.3) is 0 Å². The van der Waals surface area contributed by atoms with E-state index in [1.165, 1.54) is 6.07 Å². The highest BCUT2D eigenvalue weighted by Gasteiger charge is 2.31. The summed E-state index contributed by atoms with van der Waals surface area (Å²) in [4.78, 5) is 0. The minimum Gasteiger partial charge on any atom is -0.490 e. The maximum atomic E-state index is 14.3. The molecule has 1 aliphatic heterocycles. The van der Waals surface area contributed by atoms with E-state index >= 15 is 0 Å². The maximum absolute atomic E-state index is 14.3. The van der Waals surface area contributed by atoms with Crippen molar-refractivity contribution in [3.63, 3.8) is 0 Å². The van der Waals surface area contributed by atoms with E-state index in [2.05, 4.69) is 6.58 Å². The number of benzene rings is 1. The molecule has 3 nitrogen and oxygen atoms in total. The van der Waals surface area contributed by atoms with Crippen molar-refractivity contribution in [3.8, 4) is 5.75 Å². The standard InChI is InChI=1S/C24H34F2O3/c1-3-5-14-27-22-13-9-19(23(25)24(22)26)16-28-20-10-7-18(8-11-20)21-12-6-17(4-2)15-29-21/h4,9,13,17-18,20-21H,2-3,5-8,10-12,14-16H2,1H3. The molecule has 0 radical (unpaired) electrons. The zero-order valence-electron chi connectivity index (χ0n) is 17.5. The van der Waals surface area contributed by atoms with Crippen LogP contribution in [0.25, 0.3) is 0 Å². The van der Waals surface area contributed by atoms with Gasteiger partial charge in [0.2, 0.25) is 5.82 Å². The van der Waals surface area contributed by atoms with E-state index in [4.69, 9.17) is 14.2 Å². The molecule has 1 aromatic rings. The molecular weight excluding hydrogens is 374 g/mol. The number of hydrogen-bond donors (Lipinski definition) is 0. The molecule has 1 saturated heterocycles. The van der Waals surface area contributed by atoms with Crippen LogP contribution in [-0.2, 0) is 16.1 Å². The summed E-state index contributed by atoms with van der Waals surface area (Å²) in [6, 6.07) is 3.07. The van der Waals surface area contributed by atoms with Crippen LogP contribution in [0.1, 0.15) is 63.9 Å². The first-order chi connectivity index (χ1) is 14.1. The summed E-state index contributed by atoms with van der Waals surface area (Å²) in [6.45, 7) is 7.15. The van der Waals surface area contributed by atoms with Crippen LogP contribution in [0.15, 0.2) is 24.8 Å². The Kier molecular flexibility index (Phi) is 8.49. The van der Waals surface area contributed by atoms with E-state index in [0.717, 1.165) is 58.0 Å². The van der Waals surface area contributed by atoms with Crippen molar-refractivity contribution in [2.45, 2.75) is 77.1 Å². The summed E-state index contributed by atoms with van der Waals surface area (Å²) in [7, 11) is 0. The molecule has 2 aliphatic rings. The lowest BCUT2D eigenvalue weighted by Crippen LogP contribution is -2.35. The predicted octanol–water partition coefficient (Wildman–Crippen LogP) is 6.20. The Morgan fingerprint density at radius 1 is 1.10 bits per heavy atom. The topological polar surface area (TPSA) is 27.7 Å². The van der Waals surface area contributed by atoms with Crippen LogP contribution in [0.4, 0.5) is 8.78 Å². The van der Waals surface area contributed by atoms with Crippen LogP contribution in [0.5, 0.6) is 5.75 Å². The van der Waals surface area contributed by atoms with E-state index in [9.17, 15) is 8.78 Å². The number of hydrogen-bond acceptors (Lipinski definition) is 3. The quantitative estimate of drug-likeness (QED) is 0.360. The van der Waals surface area contributed by atoms with Crippen LogP contribution >= 0.6 is 0 Å². The number of ether oxygens (including phenoxy) is 3. The highest BCUT2D eigenvalue weighted by atomic mass is 19.2. The Bertz CT molecular complexity index is 648. The van der Waals surface area contributed by atoms with Crippen molar-refractivity contribution < 1.29 is 23.0 Å². The molecule has 2 fully saturated rings. The normalized spacial score (nSPS) is 27.6. The number of halogens is 2. The predicted molar refractivity (Wildman–Crippen MR) is 110 cm³/mol. The molecule has 3 rings (SSSR count). The van der Waals surface area contributed by atoms with Gasteiger partial charge in [-0.15, -0.1) is 6.58 Å². The monoisotopic (exact) mass is 408 g/mol. The zero-order chi connectivity index (χ0) is 20.6. The Labute approximate surface area is 173 Å². The molecule has 2 unspecified atom stereocenters. The SMILES string of the molecule is C=CC1CCC(C2CCC(OCc3ccc(OCCCC)c(F)c3F)CC2)OC1. The highest BCUT2D eigenvalue weighted by Crippen LogP contribution is 2.35. The fraction of sp³-hybridized carbons (Fsp3) is 0.667. The van der Waals surface area contributed by atoms with Gasteiger partial charge < -0.3 is 14.2 Å². The Morgan fingerprint density at radius 2 is 1.90 bits per heavy atom. The van der Waals surface area contributed by atoms with Gasteiger partial charge in [0.05, 0.1) is 32.0 Å². The van der Waals surface area contributed by atoms with Crippen LogP contribution in [0, 0.1) is 23.5 Å². The van der Waals surface area contributed by atoms with Crippen LogP contribution in [0.3, 0.4) is 0 Å². The zero-order valence-corrected chi connectivity index (χ0v) is 17.5. The molecule has 0 aromatic heterocycles. The van der Waals surface area contributed by atoms with E-state index in [1.807, 2.05) is 13.0 Å². The van der Waals surface area contributed by atoms with Crippen molar-refractivity contribution in [2.24, 2.45) is 11.8 Å². The van der Waals surface area contributed by atoms with Crippen molar-refractivity contribution in [1.82, 2.24) is 0 Å². The van der Waals surface area contributed by atoms with E-state index in [1.54, 1.807) is 6.07 Å². The minimum atomic E-state index is -0.918. The second-order valence-electron chi connectivity index (χ2n) is 8.35. The third-order valence-electron chi connectivity index (χ3n) is 6.28. The van der Waals surface area contributed by atoms with Gasteiger partial charge in [-0.25, -0.2) is 4.39 Å². The summed E-state index contributed by atoms with van der Waals surface area (Å²) < 4.78 is 45.8. The fourth-order valence-electron chi connectivity index (χ4n) is 4.31. The summed E-state index contributed by atoms with van der Waals surface area (Å²) in [6.07, 6.45) is 10.5. The van der Waals surface area contributed by atoms with Gasteiger partial charge in [-0.3, -0.25) is 0 Å².